The summed E-state index contributed by atoms with van der Waals surface area (Å²) in [6.07, 6.45) is 6.05. The molecule has 0 amide bonds. The summed E-state index contributed by atoms with van der Waals surface area (Å²) in [5.41, 5.74) is 7.07. The SMILES string of the molecule is CCC(N)c1cnn(CC2CCOC2)c1. The van der Waals surface area contributed by atoms with Crippen molar-refractivity contribution in [1.82, 2.24) is 9.78 Å². The number of nitrogens with two attached hydrogens (primary N) is 1. The topological polar surface area (TPSA) is 53.1 Å². The fraction of sp³-hybridized carbons (Fsp3) is 0.727. The molecule has 0 aliphatic carbocycles. The number of rotatable bonds is 4. The van der Waals surface area contributed by atoms with E-state index in [0.717, 1.165) is 38.2 Å². The van der Waals surface area contributed by atoms with Gasteiger partial charge in [-0.25, -0.2) is 0 Å². The lowest BCUT2D eigenvalue weighted by Gasteiger charge is -2.07. The highest BCUT2D eigenvalue weighted by Gasteiger charge is 2.16. The Kier molecular flexibility index (Phi) is 3.38. The van der Waals surface area contributed by atoms with Gasteiger partial charge in [-0.2, -0.15) is 5.10 Å². The van der Waals surface area contributed by atoms with E-state index in [9.17, 15) is 0 Å². The average molecular weight is 209 g/mol. The molecule has 1 aliphatic heterocycles. The Bertz CT molecular complexity index is 305. The van der Waals surface area contributed by atoms with Crippen molar-refractivity contribution in [2.24, 2.45) is 11.7 Å². The molecule has 0 bridgehead atoms. The highest BCUT2D eigenvalue weighted by Crippen LogP contribution is 2.16. The van der Waals surface area contributed by atoms with Crippen molar-refractivity contribution in [2.45, 2.75) is 32.4 Å². The second-order valence-electron chi connectivity index (χ2n) is 4.24. The van der Waals surface area contributed by atoms with E-state index in [-0.39, 0.29) is 6.04 Å². The second kappa shape index (κ2) is 4.77. The van der Waals surface area contributed by atoms with Crippen LogP contribution in [0.4, 0.5) is 0 Å². The van der Waals surface area contributed by atoms with Gasteiger partial charge in [0.1, 0.15) is 0 Å². The lowest BCUT2D eigenvalue weighted by atomic mass is 10.1. The Balaban J connectivity index is 1.94. The number of hydrogen-bond donors (Lipinski definition) is 1. The van der Waals surface area contributed by atoms with Gasteiger partial charge in [0, 0.05) is 36.9 Å². The van der Waals surface area contributed by atoms with Crippen LogP contribution in [0.1, 0.15) is 31.4 Å². The van der Waals surface area contributed by atoms with E-state index >= 15 is 0 Å². The van der Waals surface area contributed by atoms with Crippen LogP contribution in [0.3, 0.4) is 0 Å². The van der Waals surface area contributed by atoms with Crippen molar-refractivity contribution >= 4 is 0 Å². The molecule has 4 nitrogen and oxygen atoms in total. The summed E-state index contributed by atoms with van der Waals surface area (Å²) in [6, 6.07) is 0.124. The van der Waals surface area contributed by atoms with Crippen LogP contribution < -0.4 is 5.73 Å². The molecule has 1 aromatic heterocycles. The van der Waals surface area contributed by atoms with E-state index in [0.29, 0.717) is 5.92 Å². The third kappa shape index (κ3) is 2.58. The molecule has 2 atom stereocenters. The molecule has 2 unspecified atom stereocenters. The summed E-state index contributed by atoms with van der Waals surface area (Å²) >= 11 is 0. The van der Waals surface area contributed by atoms with Gasteiger partial charge in [-0.3, -0.25) is 4.68 Å². The maximum atomic E-state index is 5.94. The standard InChI is InChI=1S/C11H19N3O/c1-2-11(12)10-5-13-14(7-10)6-9-3-4-15-8-9/h5,7,9,11H,2-4,6,8,12H2,1H3. The van der Waals surface area contributed by atoms with Crippen molar-refractivity contribution in [3.63, 3.8) is 0 Å². The summed E-state index contributed by atoms with van der Waals surface area (Å²) < 4.78 is 7.33. The van der Waals surface area contributed by atoms with Crippen LogP contribution in [0.5, 0.6) is 0 Å². The molecule has 1 saturated heterocycles. The van der Waals surface area contributed by atoms with Gasteiger partial charge < -0.3 is 10.5 Å². The molecule has 0 saturated carbocycles. The molecule has 4 heteroatoms. The number of hydrogen-bond acceptors (Lipinski definition) is 3. The third-order valence-electron chi connectivity index (χ3n) is 2.99. The molecule has 2 rings (SSSR count). The van der Waals surface area contributed by atoms with E-state index in [2.05, 4.69) is 18.2 Å². The fourth-order valence-corrected chi connectivity index (χ4v) is 1.90. The van der Waals surface area contributed by atoms with Crippen LogP contribution in [0.2, 0.25) is 0 Å². The van der Waals surface area contributed by atoms with Crippen LogP contribution in [0, 0.1) is 5.92 Å². The van der Waals surface area contributed by atoms with Gasteiger partial charge in [0.2, 0.25) is 0 Å². The largest absolute Gasteiger partial charge is 0.381 e. The Labute approximate surface area is 90.4 Å². The number of nitrogens with zero attached hydrogens (tertiary/aromatic N) is 2. The molecular weight excluding hydrogens is 190 g/mol. The molecule has 0 aromatic carbocycles. The third-order valence-corrected chi connectivity index (χ3v) is 2.99. The molecule has 0 spiro atoms. The highest BCUT2D eigenvalue weighted by molar-refractivity contribution is 5.09. The number of aromatic nitrogens is 2. The van der Waals surface area contributed by atoms with E-state index in [4.69, 9.17) is 10.5 Å². The predicted molar refractivity (Wildman–Crippen MR) is 58.4 cm³/mol. The highest BCUT2D eigenvalue weighted by atomic mass is 16.5. The minimum absolute atomic E-state index is 0.124. The molecule has 2 heterocycles. The van der Waals surface area contributed by atoms with Gasteiger partial charge in [-0.05, 0) is 12.8 Å². The maximum Gasteiger partial charge on any atom is 0.0537 e. The number of ether oxygens (including phenoxy) is 1. The molecule has 1 fully saturated rings. The van der Waals surface area contributed by atoms with E-state index < -0.39 is 0 Å². The van der Waals surface area contributed by atoms with Crippen LogP contribution >= 0.6 is 0 Å². The molecule has 15 heavy (non-hydrogen) atoms. The zero-order valence-electron chi connectivity index (χ0n) is 9.22. The summed E-state index contributed by atoms with van der Waals surface area (Å²) in [6.45, 7) is 4.81. The minimum atomic E-state index is 0.124. The monoisotopic (exact) mass is 209 g/mol. The molecule has 84 valence electrons. The van der Waals surface area contributed by atoms with Crippen LogP contribution in [-0.2, 0) is 11.3 Å². The van der Waals surface area contributed by atoms with Crippen molar-refractivity contribution in [3.8, 4) is 0 Å². The van der Waals surface area contributed by atoms with Gasteiger partial charge >= 0.3 is 0 Å². The van der Waals surface area contributed by atoms with Gasteiger partial charge in [0.25, 0.3) is 0 Å². The van der Waals surface area contributed by atoms with Crippen molar-refractivity contribution < 1.29 is 4.74 Å². The summed E-state index contributed by atoms with van der Waals surface area (Å²) in [4.78, 5) is 0. The minimum Gasteiger partial charge on any atom is -0.381 e. The Morgan fingerprint density at radius 1 is 1.73 bits per heavy atom. The Morgan fingerprint density at radius 3 is 3.27 bits per heavy atom. The van der Waals surface area contributed by atoms with Gasteiger partial charge in [0.15, 0.2) is 0 Å². The first-order valence-corrected chi connectivity index (χ1v) is 5.65. The van der Waals surface area contributed by atoms with Crippen LogP contribution in [0.15, 0.2) is 12.4 Å². The second-order valence-corrected chi connectivity index (χ2v) is 4.24. The molecule has 2 N–H and O–H groups in total. The molecule has 1 aromatic rings. The van der Waals surface area contributed by atoms with Crippen LogP contribution in [-0.4, -0.2) is 23.0 Å². The fourth-order valence-electron chi connectivity index (χ4n) is 1.90. The van der Waals surface area contributed by atoms with Crippen molar-refractivity contribution in [1.29, 1.82) is 0 Å². The molecule has 1 aliphatic rings. The first-order valence-electron chi connectivity index (χ1n) is 5.65. The maximum absolute atomic E-state index is 5.94. The quantitative estimate of drug-likeness (QED) is 0.814. The first kappa shape index (κ1) is 10.6. The lowest BCUT2D eigenvalue weighted by Crippen LogP contribution is -2.11. The van der Waals surface area contributed by atoms with Gasteiger partial charge in [-0.15, -0.1) is 0 Å². The Hall–Kier alpha value is -0.870. The van der Waals surface area contributed by atoms with E-state index in [1.54, 1.807) is 0 Å². The normalized spacial score (nSPS) is 23.2. The van der Waals surface area contributed by atoms with Gasteiger partial charge in [-0.1, -0.05) is 6.92 Å². The summed E-state index contributed by atoms with van der Waals surface area (Å²) in [5.74, 6) is 0.621. The lowest BCUT2D eigenvalue weighted by molar-refractivity contribution is 0.181. The van der Waals surface area contributed by atoms with E-state index in [1.165, 1.54) is 0 Å². The summed E-state index contributed by atoms with van der Waals surface area (Å²) in [7, 11) is 0. The smallest absolute Gasteiger partial charge is 0.0537 e. The van der Waals surface area contributed by atoms with Crippen molar-refractivity contribution in [2.75, 3.05) is 13.2 Å². The zero-order chi connectivity index (χ0) is 10.7. The first-order chi connectivity index (χ1) is 7.29. The predicted octanol–water partition coefficient (Wildman–Crippen LogP) is 1.33. The molecular formula is C11H19N3O. The van der Waals surface area contributed by atoms with Crippen molar-refractivity contribution in [3.05, 3.63) is 18.0 Å². The zero-order valence-corrected chi connectivity index (χ0v) is 9.22. The molecule has 0 radical (unpaired) electrons. The average Bonchev–Trinajstić information content (AvgIpc) is 2.88. The summed E-state index contributed by atoms with van der Waals surface area (Å²) in [5, 5.41) is 4.33. The van der Waals surface area contributed by atoms with E-state index in [1.807, 2.05) is 10.9 Å². The Morgan fingerprint density at radius 2 is 2.60 bits per heavy atom. The van der Waals surface area contributed by atoms with Crippen LogP contribution in [0.25, 0.3) is 0 Å². The van der Waals surface area contributed by atoms with Gasteiger partial charge in [0.05, 0.1) is 12.8 Å².